The summed E-state index contributed by atoms with van der Waals surface area (Å²) in [6.45, 7) is 0.728. The molecule has 1 rings (SSSR count). The van der Waals surface area contributed by atoms with Crippen molar-refractivity contribution in [1.82, 2.24) is 0 Å². The van der Waals surface area contributed by atoms with Gasteiger partial charge in [-0.25, -0.2) is 0 Å². The molecule has 0 spiro atoms. The van der Waals surface area contributed by atoms with Gasteiger partial charge in [-0.2, -0.15) is 0 Å². The molecular formula is C7H14O5. The normalized spacial score (nSPS) is 48.2. The lowest BCUT2D eigenvalue weighted by Gasteiger charge is -2.24. The van der Waals surface area contributed by atoms with E-state index in [0.717, 1.165) is 0 Å². The van der Waals surface area contributed by atoms with Gasteiger partial charge in [-0.05, 0) is 6.92 Å². The van der Waals surface area contributed by atoms with Crippen LogP contribution in [0.3, 0.4) is 0 Å². The monoisotopic (exact) mass is 178 g/mol. The van der Waals surface area contributed by atoms with Crippen molar-refractivity contribution in [2.75, 3.05) is 13.2 Å². The topological polar surface area (TPSA) is 90.2 Å². The van der Waals surface area contributed by atoms with Gasteiger partial charge in [0.2, 0.25) is 0 Å². The first-order valence-electron chi connectivity index (χ1n) is 3.81. The quantitative estimate of drug-likeness (QED) is 0.387. The first-order chi connectivity index (χ1) is 5.55. The molecule has 1 fully saturated rings. The summed E-state index contributed by atoms with van der Waals surface area (Å²) >= 11 is 0. The van der Waals surface area contributed by atoms with Crippen LogP contribution in [0.4, 0.5) is 0 Å². The van der Waals surface area contributed by atoms with E-state index in [9.17, 15) is 10.2 Å². The molecule has 0 amide bonds. The molecule has 0 aromatic heterocycles. The fourth-order valence-electron chi connectivity index (χ4n) is 1.33. The molecule has 0 saturated carbocycles. The van der Waals surface area contributed by atoms with Crippen LogP contribution in [-0.4, -0.2) is 57.6 Å². The fraction of sp³-hybridized carbons (Fsp3) is 1.00. The molecule has 0 bridgehead atoms. The predicted molar refractivity (Wildman–Crippen MR) is 39.5 cm³/mol. The third-order valence-corrected chi connectivity index (χ3v) is 2.24. The van der Waals surface area contributed by atoms with Crippen LogP contribution < -0.4 is 0 Å². The molecule has 0 aromatic rings. The van der Waals surface area contributed by atoms with Crippen LogP contribution in [0.5, 0.6) is 0 Å². The van der Waals surface area contributed by atoms with Crippen molar-refractivity contribution < 1.29 is 25.2 Å². The van der Waals surface area contributed by atoms with Crippen LogP contribution in [-0.2, 0) is 4.74 Å². The Balaban J connectivity index is 2.72. The van der Waals surface area contributed by atoms with Gasteiger partial charge >= 0.3 is 0 Å². The van der Waals surface area contributed by atoms with Crippen molar-refractivity contribution in [2.45, 2.75) is 30.8 Å². The van der Waals surface area contributed by atoms with Gasteiger partial charge in [-0.3, -0.25) is 0 Å². The Labute approximate surface area is 70.2 Å². The van der Waals surface area contributed by atoms with Crippen LogP contribution in [0.25, 0.3) is 0 Å². The minimum absolute atomic E-state index is 0.367. The molecular weight excluding hydrogens is 164 g/mol. The maximum absolute atomic E-state index is 9.37. The number of ether oxygens (including phenoxy) is 1. The van der Waals surface area contributed by atoms with Gasteiger partial charge in [-0.1, -0.05) is 0 Å². The maximum atomic E-state index is 9.37. The fourth-order valence-corrected chi connectivity index (χ4v) is 1.33. The molecule has 0 unspecified atom stereocenters. The summed E-state index contributed by atoms with van der Waals surface area (Å²) in [6.07, 6.45) is -3.09. The van der Waals surface area contributed by atoms with Crippen LogP contribution in [0.2, 0.25) is 0 Å². The standard InChI is InChI=1S/C7H14O5/c1-7(3-9)6(11)5(10)4(2-8)12-7/h4-6,8-11H,2-3H2,1H3/t4-,5+,6-,7+/m1/s1. The van der Waals surface area contributed by atoms with E-state index < -0.39 is 23.9 Å². The second-order valence-electron chi connectivity index (χ2n) is 3.25. The Morgan fingerprint density at radius 1 is 1.33 bits per heavy atom. The van der Waals surface area contributed by atoms with Crippen LogP contribution in [0.15, 0.2) is 0 Å². The number of aliphatic hydroxyl groups is 4. The summed E-state index contributed by atoms with van der Waals surface area (Å²) < 4.78 is 5.07. The van der Waals surface area contributed by atoms with E-state index in [0.29, 0.717) is 0 Å². The van der Waals surface area contributed by atoms with E-state index in [-0.39, 0.29) is 13.2 Å². The zero-order valence-corrected chi connectivity index (χ0v) is 6.84. The third kappa shape index (κ3) is 1.34. The lowest BCUT2D eigenvalue weighted by Crippen LogP contribution is -2.43. The molecule has 4 atom stereocenters. The summed E-state index contributed by atoms with van der Waals surface area (Å²) in [5.74, 6) is 0. The second-order valence-corrected chi connectivity index (χ2v) is 3.25. The highest BCUT2D eigenvalue weighted by molar-refractivity contribution is 4.98. The molecule has 72 valence electrons. The molecule has 5 nitrogen and oxygen atoms in total. The molecule has 4 N–H and O–H groups in total. The van der Waals surface area contributed by atoms with Crippen molar-refractivity contribution >= 4 is 0 Å². The highest BCUT2D eigenvalue weighted by atomic mass is 16.6. The third-order valence-electron chi connectivity index (χ3n) is 2.24. The Hall–Kier alpha value is -0.200. The van der Waals surface area contributed by atoms with Gasteiger partial charge in [0.15, 0.2) is 0 Å². The Kier molecular flexibility index (Phi) is 2.70. The van der Waals surface area contributed by atoms with Crippen molar-refractivity contribution in [3.63, 3.8) is 0 Å². The van der Waals surface area contributed by atoms with Gasteiger partial charge in [0.25, 0.3) is 0 Å². The zero-order valence-electron chi connectivity index (χ0n) is 6.84. The van der Waals surface area contributed by atoms with Crippen molar-refractivity contribution in [3.8, 4) is 0 Å². The summed E-state index contributed by atoms with van der Waals surface area (Å²) in [6, 6.07) is 0. The van der Waals surface area contributed by atoms with E-state index >= 15 is 0 Å². The smallest absolute Gasteiger partial charge is 0.117 e. The van der Waals surface area contributed by atoms with Gasteiger partial charge in [0, 0.05) is 0 Å². The first-order valence-corrected chi connectivity index (χ1v) is 3.81. The average Bonchev–Trinajstić information content (AvgIpc) is 2.31. The number of aliphatic hydroxyl groups excluding tert-OH is 4. The number of hydrogen-bond donors (Lipinski definition) is 4. The lowest BCUT2D eigenvalue weighted by molar-refractivity contribution is -0.106. The molecule has 0 aromatic carbocycles. The molecule has 1 saturated heterocycles. The van der Waals surface area contributed by atoms with Crippen molar-refractivity contribution in [2.24, 2.45) is 0 Å². The van der Waals surface area contributed by atoms with Crippen LogP contribution in [0, 0.1) is 0 Å². The first kappa shape index (κ1) is 9.88. The predicted octanol–water partition coefficient (Wildman–Crippen LogP) is -2.15. The zero-order chi connectivity index (χ0) is 9.35. The summed E-state index contributed by atoms with van der Waals surface area (Å²) in [5.41, 5.74) is -1.16. The van der Waals surface area contributed by atoms with Gasteiger partial charge in [0.05, 0.1) is 13.2 Å². The molecule has 0 aliphatic carbocycles. The summed E-state index contributed by atoms with van der Waals surface area (Å²) in [7, 11) is 0. The van der Waals surface area contributed by atoms with Gasteiger partial charge < -0.3 is 25.2 Å². The van der Waals surface area contributed by atoms with Crippen LogP contribution >= 0.6 is 0 Å². The molecule has 12 heavy (non-hydrogen) atoms. The summed E-state index contributed by atoms with van der Waals surface area (Å²) in [5, 5.41) is 36.2. The van der Waals surface area contributed by atoms with Gasteiger partial charge in [0.1, 0.15) is 23.9 Å². The maximum Gasteiger partial charge on any atom is 0.117 e. The number of rotatable bonds is 2. The van der Waals surface area contributed by atoms with E-state index in [2.05, 4.69) is 0 Å². The number of hydrogen-bond acceptors (Lipinski definition) is 5. The molecule has 1 aliphatic heterocycles. The second kappa shape index (κ2) is 3.27. The van der Waals surface area contributed by atoms with E-state index in [1.54, 1.807) is 0 Å². The molecule has 0 radical (unpaired) electrons. The average molecular weight is 178 g/mol. The molecule has 1 aliphatic rings. The highest BCUT2D eigenvalue weighted by Gasteiger charge is 2.50. The Bertz CT molecular complexity index is 162. The lowest BCUT2D eigenvalue weighted by atomic mass is 9.98. The Morgan fingerprint density at radius 3 is 2.17 bits per heavy atom. The van der Waals surface area contributed by atoms with Crippen molar-refractivity contribution in [3.05, 3.63) is 0 Å². The minimum Gasteiger partial charge on any atom is -0.394 e. The van der Waals surface area contributed by atoms with E-state index in [1.807, 2.05) is 0 Å². The Morgan fingerprint density at radius 2 is 1.92 bits per heavy atom. The van der Waals surface area contributed by atoms with E-state index in [1.165, 1.54) is 6.92 Å². The SMILES string of the molecule is C[C@@]1(CO)O[C@H](CO)[C@H](O)[C@H]1O. The van der Waals surface area contributed by atoms with Crippen molar-refractivity contribution in [1.29, 1.82) is 0 Å². The largest absolute Gasteiger partial charge is 0.394 e. The molecule has 5 heteroatoms. The highest BCUT2D eigenvalue weighted by Crippen LogP contribution is 2.30. The summed E-state index contributed by atoms with van der Waals surface area (Å²) in [4.78, 5) is 0. The van der Waals surface area contributed by atoms with Gasteiger partial charge in [-0.15, -0.1) is 0 Å². The van der Waals surface area contributed by atoms with Crippen LogP contribution in [0.1, 0.15) is 6.92 Å². The van der Waals surface area contributed by atoms with E-state index in [4.69, 9.17) is 14.9 Å². The minimum atomic E-state index is -1.16. The molecule has 1 heterocycles.